The highest BCUT2D eigenvalue weighted by atomic mass is 32.3. The van der Waals surface area contributed by atoms with Gasteiger partial charge in [0.1, 0.15) is 18.6 Å². The van der Waals surface area contributed by atoms with Crippen LogP contribution >= 0.6 is 0 Å². The lowest BCUT2D eigenvalue weighted by Crippen LogP contribution is -2.29. The number of pyridine rings is 6. The summed E-state index contributed by atoms with van der Waals surface area (Å²) in [6.45, 7) is 0. The molecule has 6 heterocycles. The highest BCUT2D eigenvalue weighted by Crippen LogP contribution is 1.93. The second-order valence-corrected chi connectivity index (χ2v) is 10.4. The monoisotopic (exact) mass is 790 g/mol. The molecule has 0 atom stereocenters. The van der Waals surface area contributed by atoms with Gasteiger partial charge in [-0.25, -0.2) is 22.1 Å². The first-order chi connectivity index (χ1) is 25.4. The van der Waals surface area contributed by atoms with E-state index in [1.807, 2.05) is 160 Å². The molecule has 6 aromatic rings. The molecular formula is C30H30N8O14S2. The molecule has 0 saturated carbocycles. The average molecular weight is 791 g/mol. The van der Waals surface area contributed by atoms with Crippen molar-refractivity contribution in [2.45, 2.75) is 0 Å². The smallest absolute Gasteiger partial charge is 0.327 e. The molecule has 3 N–H and O–H groups in total. The Kier molecular flexibility index (Phi) is 23.3. The lowest BCUT2D eigenvalue weighted by molar-refractivity contribution is -0.742. The summed E-state index contributed by atoms with van der Waals surface area (Å²) in [5, 5.41) is 27.3. The Balaban J connectivity index is 0.000000642. The maximum Gasteiger partial charge on any atom is 0.327 e. The van der Waals surface area contributed by atoms with E-state index in [2.05, 4.69) is 15.0 Å². The third-order valence-electron chi connectivity index (χ3n) is 4.89. The van der Waals surface area contributed by atoms with Crippen LogP contribution in [0, 0.1) is 20.2 Å². The predicted octanol–water partition coefficient (Wildman–Crippen LogP) is 1.05. The van der Waals surface area contributed by atoms with Gasteiger partial charge in [-0.1, -0.05) is 36.4 Å². The van der Waals surface area contributed by atoms with E-state index in [9.17, 15) is 0 Å². The molecule has 0 bridgehead atoms. The van der Waals surface area contributed by atoms with Crippen molar-refractivity contribution < 1.29 is 69.3 Å². The summed E-state index contributed by atoms with van der Waals surface area (Å²) in [5.74, 6) is 2.83. The fraction of sp³-hybridized carbons (Fsp3) is 0. The summed E-state index contributed by atoms with van der Waals surface area (Å²) in [6.07, 6.45) is 17.2. The van der Waals surface area contributed by atoms with Gasteiger partial charge >= 0.3 is 17.5 Å². The fourth-order valence-electron chi connectivity index (χ4n) is 3.17. The standard InChI is InChI=1S/3C10H9N2.2HNO3.2H2O4S/c3*1-4-8-12(9-5-1)10-6-2-3-7-11-10;2*2-1(3)4;2*1-5(2,3)4/h3*1-9H;2*(H,2,3,4);2*(H2,1,2,3,4)/q3*+1;;;;/p-3. The number of aromatic nitrogens is 6. The van der Waals surface area contributed by atoms with Crippen LogP contribution in [0.3, 0.4) is 0 Å². The van der Waals surface area contributed by atoms with Crippen LogP contribution in [0.15, 0.2) is 165 Å². The minimum absolute atomic E-state index is 0.943. The molecule has 6 rings (SSSR count). The zero-order valence-electron chi connectivity index (χ0n) is 27.3. The Hall–Kier alpha value is -6.96. The van der Waals surface area contributed by atoms with Crippen molar-refractivity contribution in [1.29, 1.82) is 0 Å². The second-order valence-electron chi connectivity index (χ2n) is 8.72. The highest BCUT2D eigenvalue weighted by molar-refractivity contribution is 7.80. The Morgan fingerprint density at radius 3 is 0.796 bits per heavy atom. The van der Waals surface area contributed by atoms with E-state index in [4.69, 9.17) is 65.7 Å². The summed E-state index contributed by atoms with van der Waals surface area (Å²) in [7, 11) is -10.1. The van der Waals surface area contributed by atoms with Crippen molar-refractivity contribution in [2.24, 2.45) is 0 Å². The maximum absolute atomic E-state index is 8.63. The Labute approximate surface area is 307 Å². The summed E-state index contributed by atoms with van der Waals surface area (Å²) in [4.78, 5) is 29.4. The van der Waals surface area contributed by atoms with Crippen molar-refractivity contribution >= 4 is 20.8 Å². The van der Waals surface area contributed by atoms with Crippen LogP contribution < -0.4 is 13.7 Å². The van der Waals surface area contributed by atoms with Crippen LogP contribution in [-0.4, -0.2) is 70.6 Å². The third kappa shape index (κ3) is 31.1. The molecule has 286 valence electrons. The molecule has 0 unspecified atom stereocenters. The minimum atomic E-state index is -5.17. The zero-order valence-corrected chi connectivity index (χ0v) is 28.9. The van der Waals surface area contributed by atoms with Crippen molar-refractivity contribution in [3.05, 3.63) is 185 Å². The van der Waals surface area contributed by atoms with E-state index in [1.165, 1.54) is 0 Å². The van der Waals surface area contributed by atoms with Gasteiger partial charge in [-0.05, 0) is 69.5 Å². The molecule has 0 spiro atoms. The van der Waals surface area contributed by atoms with Crippen molar-refractivity contribution in [1.82, 2.24) is 15.0 Å². The molecule has 22 nitrogen and oxygen atoms in total. The Morgan fingerprint density at radius 1 is 0.463 bits per heavy atom. The lowest BCUT2D eigenvalue weighted by Gasteiger charge is -2.06. The summed E-state index contributed by atoms with van der Waals surface area (Å²) in [6, 6.07) is 35.4. The molecule has 0 aromatic carbocycles. The molecule has 24 heteroatoms. The highest BCUT2D eigenvalue weighted by Gasteiger charge is 2.03. The first kappa shape index (κ1) is 47.0. The van der Waals surface area contributed by atoms with E-state index < -0.39 is 31.0 Å². The molecule has 54 heavy (non-hydrogen) atoms. The SMILES string of the molecule is O=S(=O)([O-])O.O=S(=O)([O-])[O-].O=[N+]([O-])O.O=[N+]([O-])O.c1cc[n+](-c2ccccn2)cc1.c1cc[n+](-c2ccccn2)cc1.c1cc[n+](-c2ccccn2)cc1. The molecule has 0 fully saturated rings. The first-order valence-electron chi connectivity index (χ1n) is 14.0. The van der Waals surface area contributed by atoms with Crippen LogP contribution in [-0.2, 0) is 20.8 Å². The van der Waals surface area contributed by atoms with E-state index >= 15 is 0 Å². The van der Waals surface area contributed by atoms with Crippen LogP contribution in [0.5, 0.6) is 0 Å². The summed E-state index contributed by atoms with van der Waals surface area (Å²) >= 11 is 0. The van der Waals surface area contributed by atoms with Gasteiger partial charge < -0.3 is 24.1 Å². The molecular weight excluding hydrogens is 761 g/mol. The number of hydrogen-bond acceptors (Lipinski definition) is 14. The summed E-state index contributed by atoms with van der Waals surface area (Å²) in [5.41, 5.74) is 0. The first-order valence-corrected chi connectivity index (χ1v) is 16.7. The van der Waals surface area contributed by atoms with Crippen molar-refractivity contribution in [2.75, 3.05) is 0 Å². The average Bonchev–Trinajstić information content (AvgIpc) is 3.13. The van der Waals surface area contributed by atoms with Crippen LogP contribution in [0.1, 0.15) is 0 Å². The van der Waals surface area contributed by atoms with Gasteiger partial charge in [0.25, 0.3) is 10.2 Å². The number of rotatable bonds is 3. The number of hydrogen-bond donors (Lipinski definition) is 3. The van der Waals surface area contributed by atoms with Gasteiger partial charge in [0.15, 0.2) is 0 Å². The van der Waals surface area contributed by atoms with Crippen molar-refractivity contribution in [3.8, 4) is 17.5 Å². The molecule has 0 aliphatic heterocycles. The normalized spacial score (nSPS) is 9.48. The van der Waals surface area contributed by atoms with Crippen molar-refractivity contribution in [3.63, 3.8) is 0 Å². The van der Waals surface area contributed by atoms with Crippen LogP contribution in [0.4, 0.5) is 0 Å². The zero-order chi connectivity index (χ0) is 40.8. The number of nitrogens with zero attached hydrogens (tertiary/aromatic N) is 8. The van der Waals surface area contributed by atoms with Gasteiger partial charge in [-0.3, -0.25) is 13.0 Å². The van der Waals surface area contributed by atoms with Gasteiger partial charge in [0, 0.05) is 28.6 Å². The second kappa shape index (κ2) is 26.8. The Bertz CT molecular complexity index is 1740. The van der Waals surface area contributed by atoms with Gasteiger partial charge in [-0.15, -0.1) is 20.2 Å². The van der Waals surface area contributed by atoms with Crippen LogP contribution in [0.25, 0.3) is 17.5 Å². The lowest BCUT2D eigenvalue weighted by atomic mass is 10.4. The van der Waals surface area contributed by atoms with Gasteiger partial charge in [0.2, 0.25) is 10.4 Å². The van der Waals surface area contributed by atoms with Gasteiger partial charge in [0.05, 0.1) is 37.2 Å². The van der Waals surface area contributed by atoms with E-state index in [0.29, 0.717) is 0 Å². The molecule has 0 radical (unpaired) electrons. The summed E-state index contributed by atoms with van der Waals surface area (Å²) < 4.78 is 72.8. The topological polar surface area (TPSA) is 335 Å². The molecule has 0 aliphatic carbocycles. The van der Waals surface area contributed by atoms with Crippen LogP contribution in [0.2, 0.25) is 0 Å². The fourth-order valence-corrected chi connectivity index (χ4v) is 3.17. The molecule has 0 amide bonds. The predicted molar refractivity (Wildman–Crippen MR) is 178 cm³/mol. The largest absolute Gasteiger partial charge is 0.759 e. The maximum atomic E-state index is 8.63. The Morgan fingerprint density at radius 2 is 0.648 bits per heavy atom. The minimum Gasteiger partial charge on any atom is -0.759 e. The molecule has 0 aliphatic rings. The quantitative estimate of drug-likeness (QED) is 0.0741. The van der Waals surface area contributed by atoms with Gasteiger partial charge in [-0.2, -0.15) is 0 Å². The van der Waals surface area contributed by atoms with E-state index in [1.54, 1.807) is 18.6 Å². The van der Waals surface area contributed by atoms with E-state index in [0.717, 1.165) is 17.5 Å². The third-order valence-corrected chi connectivity index (χ3v) is 4.89. The van der Waals surface area contributed by atoms with E-state index in [-0.39, 0.29) is 0 Å². The molecule has 0 saturated heterocycles. The molecule has 6 aromatic heterocycles.